The first-order valence-corrected chi connectivity index (χ1v) is 10.1. The minimum atomic E-state index is 0.879. The molecule has 0 radical (unpaired) electrons. The molecule has 3 heteroatoms. The van der Waals surface area contributed by atoms with E-state index < -0.39 is 0 Å². The molecule has 0 saturated heterocycles. The van der Waals surface area contributed by atoms with Crippen molar-refractivity contribution in [3.8, 4) is 11.5 Å². The standard InChI is InChI=1S/C23H28O2S/c1-5-6-7-8-9-19(16-18-10-12-20(24-2)13-11-18)22-15-14-21(25-3)17-23(22)26-4/h5,10-17H,1,6-9H2,2-4H3/b19-16+. The highest BCUT2D eigenvalue weighted by Gasteiger charge is 2.09. The lowest BCUT2D eigenvalue weighted by Gasteiger charge is -2.14. The summed E-state index contributed by atoms with van der Waals surface area (Å²) in [5.74, 6) is 1.78. The number of hydrogen-bond acceptors (Lipinski definition) is 3. The molecule has 0 spiro atoms. The van der Waals surface area contributed by atoms with Gasteiger partial charge in [-0.15, -0.1) is 18.3 Å². The molecular formula is C23H28O2S. The van der Waals surface area contributed by atoms with Gasteiger partial charge in [0.2, 0.25) is 0 Å². The Kier molecular flexibility index (Phi) is 8.36. The summed E-state index contributed by atoms with van der Waals surface area (Å²) >= 11 is 1.76. The van der Waals surface area contributed by atoms with Crippen molar-refractivity contribution in [2.45, 2.75) is 30.6 Å². The zero-order valence-electron chi connectivity index (χ0n) is 16.0. The summed E-state index contributed by atoms with van der Waals surface area (Å²) in [4.78, 5) is 1.24. The minimum Gasteiger partial charge on any atom is -0.497 e. The van der Waals surface area contributed by atoms with Crippen LogP contribution in [0.2, 0.25) is 0 Å². The van der Waals surface area contributed by atoms with Crippen LogP contribution < -0.4 is 9.47 Å². The molecule has 2 rings (SSSR count). The van der Waals surface area contributed by atoms with E-state index >= 15 is 0 Å². The fourth-order valence-corrected chi connectivity index (χ4v) is 3.51. The molecule has 0 unspecified atom stereocenters. The highest BCUT2D eigenvalue weighted by Crippen LogP contribution is 2.34. The van der Waals surface area contributed by atoms with Gasteiger partial charge < -0.3 is 9.47 Å². The summed E-state index contributed by atoms with van der Waals surface area (Å²) in [6, 6.07) is 14.5. The molecule has 0 bridgehead atoms. The lowest BCUT2D eigenvalue weighted by molar-refractivity contribution is 0.413. The van der Waals surface area contributed by atoms with Gasteiger partial charge in [-0.2, -0.15) is 0 Å². The monoisotopic (exact) mass is 368 g/mol. The molecular weight excluding hydrogens is 340 g/mol. The second kappa shape index (κ2) is 10.8. The predicted molar refractivity (Wildman–Crippen MR) is 114 cm³/mol. The SMILES string of the molecule is C=CCCCC/C(=C\c1ccc(OC)cc1)c1ccc(OC)cc1SC. The molecule has 0 N–H and O–H groups in total. The number of allylic oxidation sites excluding steroid dienone is 2. The van der Waals surface area contributed by atoms with E-state index in [0.29, 0.717) is 0 Å². The average Bonchev–Trinajstić information content (AvgIpc) is 2.70. The maximum atomic E-state index is 5.39. The highest BCUT2D eigenvalue weighted by atomic mass is 32.2. The van der Waals surface area contributed by atoms with Crippen molar-refractivity contribution in [3.05, 3.63) is 66.2 Å². The van der Waals surface area contributed by atoms with Crippen molar-refractivity contribution in [1.29, 1.82) is 0 Å². The third-order valence-corrected chi connectivity index (χ3v) is 5.09. The Morgan fingerprint density at radius 1 is 1.00 bits per heavy atom. The first kappa shape index (κ1) is 20.2. The van der Waals surface area contributed by atoms with Crippen molar-refractivity contribution in [2.75, 3.05) is 20.5 Å². The maximum Gasteiger partial charge on any atom is 0.120 e. The third kappa shape index (κ3) is 5.70. The summed E-state index contributed by atoms with van der Waals surface area (Å²) in [5.41, 5.74) is 3.83. The maximum absolute atomic E-state index is 5.39. The largest absolute Gasteiger partial charge is 0.497 e. The van der Waals surface area contributed by atoms with Gasteiger partial charge in [0.05, 0.1) is 14.2 Å². The van der Waals surface area contributed by atoms with Crippen LogP contribution in [0.3, 0.4) is 0 Å². The second-order valence-corrected chi connectivity index (χ2v) is 6.89. The van der Waals surface area contributed by atoms with Gasteiger partial charge in [-0.05, 0) is 79.0 Å². The van der Waals surface area contributed by atoms with Gasteiger partial charge in [-0.1, -0.05) is 24.3 Å². The van der Waals surface area contributed by atoms with Gasteiger partial charge in [-0.3, -0.25) is 0 Å². The Balaban J connectivity index is 2.36. The van der Waals surface area contributed by atoms with E-state index in [-0.39, 0.29) is 0 Å². The zero-order valence-corrected chi connectivity index (χ0v) is 16.8. The lowest BCUT2D eigenvalue weighted by atomic mass is 9.97. The van der Waals surface area contributed by atoms with Gasteiger partial charge in [-0.25, -0.2) is 0 Å². The molecule has 2 aromatic rings. The predicted octanol–water partition coefficient (Wildman–Crippen LogP) is 6.71. The van der Waals surface area contributed by atoms with Crippen LogP contribution in [0.1, 0.15) is 36.8 Å². The zero-order chi connectivity index (χ0) is 18.8. The van der Waals surface area contributed by atoms with Crippen molar-refractivity contribution >= 4 is 23.4 Å². The third-order valence-electron chi connectivity index (χ3n) is 4.32. The molecule has 0 fully saturated rings. The molecule has 0 heterocycles. The fourth-order valence-electron chi connectivity index (χ4n) is 2.85. The summed E-state index contributed by atoms with van der Waals surface area (Å²) in [7, 11) is 3.40. The summed E-state index contributed by atoms with van der Waals surface area (Å²) in [5, 5.41) is 0. The topological polar surface area (TPSA) is 18.5 Å². The number of ether oxygens (including phenoxy) is 2. The van der Waals surface area contributed by atoms with E-state index in [1.807, 2.05) is 24.3 Å². The summed E-state index contributed by atoms with van der Waals surface area (Å²) in [6.07, 6.45) is 10.8. The van der Waals surface area contributed by atoms with Crippen LogP contribution in [0.5, 0.6) is 11.5 Å². The number of benzene rings is 2. The van der Waals surface area contributed by atoms with Crippen LogP contribution in [0.15, 0.2) is 60.0 Å². The number of rotatable bonds is 10. The summed E-state index contributed by atoms with van der Waals surface area (Å²) < 4.78 is 10.7. The van der Waals surface area contributed by atoms with Crippen molar-refractivity contribution < 1.29 is 9.47 Å². The number of thioether (sulfide) groups is 1. The molecule has 2 nitrogen and oxygen atoms in total. The van der Waals surface area contributed by atoms with Gasteiger partial charge in [0.15, 0.2) is 0 Å². The quantitative estimate of drug-likeness (QED) is 0.201. The Morgan fingerprint density at radius 3 is 2.31 bits per heavy atom. The van der Waals surface area contributed by atoms with E-state index in [9.17, 15) is 0 Å². The molecule has 0 aromatic heterocycles. The lowest BCUT2D eigenvalue weighted by Crippen LogP contribution is -1.92. The average molecular weight is 369 g/mol. The van der Waals surface area contributed by atoms with Crippen molar-refractivity contribution in [1.82, 2.24) is 0 Å². The van der Waals surface area contributed by atoms with E-state index in [1.54, 1.807) is 26.0 Å². The number of hydrogen-bond donors (Lipinski definition) is 0. The molecule has 0 aliphatic rings. The van der Waals surface area contributed by atoms with Crippen LogP contribution in [-0.2, 0) is 0 Å². The second-order valence-electron chi connectivity index (χ2n) is 6.04. The van der Waals surface area contributed by atoms with Crippen molar-refractivity contribution in [3.63, 3.8) is 0 Å². The molecule has 0 saturated carbocycles. The summed E-state index contributed by atoms with van der Waals surface area (Å²) in [6.45, 7) is 3.82. The molecule has 138 valence electrons. The van der Waals surface area contributed by atoms with Gasteiger partial charge >= 0.3 is 0 Å². The van der Waals surface area contributed by atoms with Crippen LogP contribution in [0, 0.1) is 0 Å². The Hall–Kier alpha value is -2.13. The van der Waals surface area contributed by atoms with Gasteiger partial charge in [0, 0.05) is 4.90 Å². The Bertz CT molecular complexity index is 732. The molecule has 26 heavy (non-hydrogen) atoms. The minimum absolute atomic E-state index is 0.879. The fraction of sp³-hybridized carbons (Fsp3) is 0.304. The van der Waals surface area contributed by atoms with Crippen LogP contribution in [0.25, 0.3) is 11.6 Å². The molecule has 0 atom stereocenters. The van der Waals surface area contributed by atoms with Crippen LogP contribution in [0.4, 0.5) is 0 Å². The van der Waals surface area contributed by atoms with Crippen LogP contribution >= 0.6 is 11.8 Å². The van der Waals surface area contributed by atoms with Crippen molar-refractivity contribution in [2.24, 2.45) is 0 Å². The van der Waals surface area contributed by atoms with Gasteiger partial charge in [0.25, 0.3) is 0 Å². The van der Waals surface area contributed by atoms with E-state index in [0.717, 1.165) is 37.2 Å². The van der Waals surface area contributed by atoms with Gasteiger partial charge in [0.1, 0.15) is 11.5 Å². The van der Waals surface area contributed by atoms with E-state index in [4.69, 9.17) is 9.47 Å². The van der Waals surface area contributed by atoms with Crippen LogP contribution in [-0.4, -0.2) is 20.5 Å². The number of unbranched alkanes of at least 4 members (excludes halogenated alkanes) is 2. The smallest absolute Gasteiger partial charge is 0.120 e. The molecule has 2 aromatic carbocycles. The van der Waals surface area contributed by atoms with E-state index in [2.05, 4.69) is 43.2 Å². The first-order valence-electron chi connectivity index (χ1n) is 8.89. The number of methoxy groups -OCH3 is 2. The molecule has 0 aliphatic heterocycles. The first-order chi connectivity index (χ1) is 12.7. The highest BCUT2D eigenvalue weighted by molar-refractivity contribution is 7.98. The Morgan fingerprint density at radius 2 is 1.69 bits per heavy atom. The molecule has 0 aliphatic carbocycles. The molecule has 0 amide bonds. The van der Waals surface area contributed by atoms with E-state index in [1.165, 1.54) is 21.6 Å². The normalized spacial score (nSPS) is 11.3. The Labute approximate surface area is 161 Å².